The lowest BCUT2D eigenvalue weighted by atomic mass is 10.3. The number of aromatic amines is 1. The second-order valence-electron chi connectivity index (χ2n) is 17.2. The maximum atomic E-state index is 13.9. The Kier molecular flexibility index (Phi) is 17.1. The van der Waals surface area contributed by atoms with Gasteiger partial charge in [0.2, 0.25) is 16.5 Å². The molecule has 1 fully saturated rings. The minimum atomic E-state index is -2.81. The molecule has 1 aliphatic heterocycles. The summed E-state index contributed by atoms with van der Waals surface area (Å²) in [6.45, 7) is 2.94. The van der Waals surface area contributed by atoms with Crippen molar-refractivity contribution in [3.8, 4) is 11.6 Å². The van der Waals surface area contributed by atoms with Crippen LogP contribution in [0.25, 0.3) is 78.2 Å². The zero-order valence-electron chi connectivity index (χ0n) is 41.7. The number of imidazole rings is 6. The van der Waals surface area contributed by atoms with Crippen LogP contribution in [-0.4, -0.2) is 149 Å². The highest BCUT2D eigenvalue weighted by molar-refractivity contribution is 6.35. The molecule has 0 amide bonds. The molecule has 81 heavy (non-hydrogen) atoms. The molecule has 0 aliphatic carbocycles. The van der Waals surface area contributed by atoms with Crippen LogP contribution in [0, 0.1) is 0 Å². The molecule has 3 aromatic carbocycles. The first-order valence-electron chi connectivity index (χ1n) is 24.3. The van der Waals surface area contributed by atoms with E-state index in [-0.39, 0.29) is 66.1 Å². The van der Waals surface area contributed by atoms with E-state index in [9.17, 15) is 31.4 Å². The van der Waals surface area contributed by atoms with Crippen molar-refractivity contribution in [2.45, 2.75) is 38.9 Å². The number of fused-ring (bicyclic) bond motifs is 6. The van der Waals surface area contributed by atoms with Gasteiger partial charge in [-0.05, 0) is 59.6 Å². The zero-order chi connectivity index (χ0) is 56.9. The maximum absolute atomic E-state index is 13.9. The van der Waals surface area contributed by atoms with Crippen LogP contribution in [-0.2, 0) is 24.4 Å². The smallest absolute Gasteiger partial charge is 0.296 e. The summed E-state index contributed by atoms with van der Waals surface area (Å²) in [6, 6.07) is 20.6. The van der Waals surface area contributed by atoms with E-state index in [2.05, 4.69) is 64.8 Å². The molecule has 0 radical (unpaired) electrons. The number of anilines is 1. The van der Waals surface area contributed by atoms with Gasteiger partial charge in [-0.3, -0.25) is 9.13 Å². The summed E-state index contributed by atoms with van der Waals surface area (Å²) in [4.78, 5) is 54.1. The summed E-state index contributed by atoms with van der Waals surface area (Å²) < 4.78 is 92.1. The SMILES string of the molecule is FC(F)c1nc2ccccc2[nH]1.OCCn1cnc2c(-n3c(C(F)F)nc4ccccc43)nc(Cl)nc21.OCCn1cnc2c(-n3c(C(F)F)nc4ccccc43)nc(N3CCOCC3)nc21.OCCn1cnc2c(Cl)nc(Cl)nc21. The molecule has 4 N–H and O–H groups in total. The van der Waals surface area contributed by atoms with Crippen LogP contribution in [0.15, 0.2) is 91.8 Å². The number of morpholine rings is 1. The van der Waals surface area contributed by atoms with Crippen molar-refractivity contribution in [1.82, 2.24) is 87.6 Å². The summed E-state index contributed by atoms with van der Waals surface area (Å²) >= 11 is 17.5. The average Bonchev–Trinajstić information content (AvgIpc) is 4.47. The normalized spacial score (nSPS) is 12.8. The molecule has 420 valence electrons. The molecule has 0 unspecified atom stereocenters. The second-order valence-corrected chi connectivity index (χ2v) is 18.2. The molecule has 1 aliphatic rings. The van der Waals surface area contributed by atoms with Gasteiger partial charge >= 0.3 is 0 Å². The predicted octanol–water partition coefficient (Wildman–Crippen LogP) is 8.31. The van der Waals surface area contributed by atoms with E-state index >= 15 is 0 Å². The quantitative estimate of drug-likeness (QED) is 0.0509. The van der Waals surface area contributed by atoms with Gasteiger partial charge in [0.1, 0.15) is 5.52 Å². The monoisotopic (exact) mass is 1180 g/mol. The number of aliphatic hydroxyl groups excluding tert-OH is 3. The number of ether oxygens (including phenoxy) is 1. The van der Waals surface area contributed by atoms with E-state index in [1.807, 2.05) is 4.90 Å². The summed E-state index contributed by atoms with van der Waals surface area (Å²) in [5.41, 5.74) is 5.55. The van der Waals surface area contributed by atoms with Gasteiger partial charge in [-0.1, -0.05) is 48.0 Å². The van der Waals surface area contributed by atoms with Gasteiger partial charge in [-0.15, -0.1) is 0 Å². The van der Waals surface area contributed by atoms with Crippen LogP contribution < -0.4 is 4.90 Å². The molecule has 32 heteroatoms. The van der Waals surface area contributed by atoms with Crippen LogP contribution in [0.2, 0.25) is 15.7 Å². The van der Waals surface area contributed by atoms with Crippen LogP contribution in [0.4, 0.5) is 32.3 Å². The van der Waals surface area contributed by atoms with Gasteiger partial charge in [-0.2, -0.15) is 24.9 Å². The number of hydrogen-bond acceptors (Lipinski definition) is 17. The molecule has 23 nitrogen and oxygen atoms in total. The van der Waals surface area contributed by atoms with Crippen molar-refractivity contribution in [3.63, 3.8) is 0 Å². The first-order chi connectivity index (χ1) is 39.3. The van der Waals surface area contributed by atoms with Crippen LogP contribution in [0.1, 0.15) is 36.7 Å². The highest BCUT2D eigenvalue weighted by Gasteiger charge is 2.28. The molecule has 1 saturated heterocycles. The van der Waals surface area contributed by atoms with E-state index in [0.29, 0.717) is 105 Å². The third-order valence-electron chi connectivity index (χ3n) is 12.2. The molecule has 10 heterocycles. The number of benzene rings is 3. The molecule has 0 atom stereocenters. The number of aromatic nitrogens is 18. The lowest BCUT2D eigenvalue weighted by molar-refractivity contribution is 0.122. The maximum Gasteiger partial charge on any atom is 0.296 e. The van der Waals surface area contributed by atoms with Crippen LogP contribution >= 0.6 is 34.8 Å². The van der Waals surface area contributed by atoms with Gasteiger partial charge in [0.25, 0.3) is 19.3 Å². The molecular weight excluding hydrogens is 1140 g/mol. The Morgan fingerprint density at radius 1 is 0.506 bits per heavy atom. The third kappa shape index (κ3) is 11.7. The summed E-state index contributed by atoms with van der Waals surface area (Å²) in [5.74, 6) is -0.359. The zero-order valence-corrected chi connectivity index (χ0v) is 43.9. The van der Waals surface area contributed by atoms with E-state index in [1.54, 1.807) is 86.5 Å². The first kappa shape index (κ1) is 56.1. The van der Waals surface area contributed by atoms with Crippen LogP contribution in [0.3, 0.4) is 0 Å². The third-order valence-corrected chi connectivity index (χ3v) is 12.8. The molecule has 0 spiro atoms. The number of halogens is 9. The fourth-order valence-corrected chi connectivity index (χ4v) is 9.22. The van der Waals surface area contributed by atoms with Gasteiger partial charge in [0.15, 0.2) is 62.2 Å². The molecular formula is C49H42Cl3F6N19O4. The lowest BCUT2D eigenvalue weighted by Crippen LogP contribution is -2.37. The van der Waals surface area contributed by atoms with E-state index in [0.717, 1.165) is 0 Å². The highest BCUT2D eigenvalue weighted by atomic mass is 35.5. The fourth-order valence-electron chi connectivity index (χ4n) is 8.64. The highest BCUT2D eigenvalue weighted by Crippen LogP contribution is 2.33. The molecule has 12 aromatic rings. The number of alkyl halides is 6. The van der Waals surface area contributed by atoms with Crippen molar-refractivity contribution < 1.29 is 46.4 Å². The van der Waals surface area contributed by atoms with E-state index < -0.39 is 30.9 Å². The number of hydrogen-bond donors (Lipinski definition) is 4. The van der Waals surface area contributed by atoms with E-state index in [1.165, 1.54) is 28.1 Å². The average molecular weight is 1180 g/mol. The number of nitrogens with one attached hydrogen (secondary N) is 1. The lowest BCUT2D eigenvalue weighted by Gasteiger charge is -2.27. The Bertz CT molecular complexity index is 4110. The Morgan fingerprint density at radius 2 is 0.963 bits per heavy atom. The number of nitrogens with zero attached hydrogens (tertiary/aromatic N) is 18. The van der Waals surface area contributed by atoms with Gasteiger partial charge < -0.3 is 43.6 Å². The summed E-state index contributed by atoms with van der Waals surface area (Å²) in [5, 5.41) is 27.5. The Balaban J connectivity index is 0.000000129. The van der Waals surface area contributed by atoms with Crippen molar-refractivity contribution in [3.05, 3.63) is 125 Å². The van der Waals surface area contributed by atoms with Crippen LogP contribution in [0.5, 0.6) is 0 Å². The fraction of sp³-hybridized carbons (Fsp3) is 0.265. The number of para-hydroxylation sites is 6. The number of rotatable bonds is 12. The summed E-state index contributed by atoms with van der Waals surface area (Å²) in [6.07, 6.45) is -3.61. The minimum Gasteiger partial charge on any atom is -0.395 e. The topological polar surface area (TPSA) is 268 Å². The number of H-pyrrole nitrogens is 1. The molecule has 13 rings (SSSR count). The second kappa shape index (κ2) is 24.7. The minimum absolute atomic E-state index is 0.00466. The largest absolute Gasteiger partial charge is 0.395 e. The molecule has 0 saturated carbocycles. The predicted molar refractivity (Wildman–Crippen MR) is 286 cm³/mol. The Morgan fingerprint density at radius 3 is 1.47 bits per heavy atom. The van der Waals surface area contributed by atoms with Crippen molar-refractivity contribution >= 4 is 107 Å². The van der Waals surface area contributed by atoms with Crippen molar-refractivity contribution in [2.75, 3.05) is 51.0 Å². The van der Waals surface area contributed by atoms with Gasteiger partial charge in [0, 0.05) is 32.7 Å². The Hall–Kier alpha value is -8.19. The Labute approximate surface area is 466 Å². The van der Waals surface area contributed by atoms with Gasteiger partial charge in [-0.25, -0.2) is 61.2 Å². The van der Waals surface area contributed by atoms with E-state index in [4.69, 9.17) is 49.8 Å². The molecule has 0 bridgehead atoms. The number of aliphatic hydroxyl groups is 3. The van der Waals surface area contributed by atoms with Crippen molar-refractivity contribution in [1.29, 1.82) is 0 Å². The van der Waals surface area contributed by atoms with Crippen molar-refractivity contribution in [2.24, 2.45) is 0 Å². The summed E-state index contributed by atoms with van der Waals surface area (Å²) in [7, 11) is 0. The first-order valence-corrected chi connectivity index (χ1v) is 25.4. The standard InChI is InChI=1S/C19H19F2N7O2.C15H11ClF2N6O.C8H6F2N2.C7H6Cl2N4O/c20-15(21)18-23-12-3-1-2-4-13(12)28(18)17-14-16(27(5-8-29)11-22-14)24-19(25-17)26-6-9-30-10-7-26;16-15-21-12-10(19-7-23(12)5-6-25)13(22-15)24-9-4-2-1-3-8(9)20-14(24)11(17)18;9-7(10)8-11-5-3-1-2-4-6(5)12-8;8-5-4-6(12-7(9)11-5)13(1-2-14)3-10-4/h1-4,11,15,29H,5-10H2;1-4,7,11,25H,5-6H2;1-4,7H,(H,11,12);3,14H,1-2H2. The van der Waals surface area contributed by atoms with Gasteiger partial charge in [0.05, 0.1) is 85.1 Å². The molecule has 9 aromatic heterocycles.